The average Bonchev–Trinajstić information content (AvgIpc) is 2.17. The summed E-state index contributed by atoms with van der Waals surface area (Å²) in [5.41, 5.74) is -0.760. The van der Waals surface area contributed by atoms with Crippen molar-refractivity contribution in [1.29, 1.82) is 0 Å². The van der Waals surface area contributed by atoms with E-state index in [0.717, 1.165) is 6.07 Å². The fraction of sp³-hybridized carbons (Fsp3) is 0.222. The van der Waals surface area contributed by atoms with E-state index in [2.05, 4.69) is 0 Å². The van der Waals surface area contributed by atoms with Crippen molar-refractivity contribution in [3.05, 3.63) is 35.4 Å². The van der Waals surface area contributed by atoms with Gasteiger partial charge in [-0.25, -0.2) is 8.78 Å². The van der Waals surface area contributed by atoms with Crippen molar-refractivity contribution >= 4 is 5.91 Å². The first-order chi connectivity index (χ1) is 7.29. The van der Waals surface area contributed by atoms with Gasteiger partial charge in [0.25, 0.3) is 5.91 Å². The van der Waals surface area contributed by atoms with Gasteiger partial charge in [-0.3, -0.25) is 4.79 Å². The second-order valence-electron chi connectivity index (χ2n) is 2.92. The Kier molecular flexibility index (Phi) is 3.46. The SMILES string of the molecule is O=C(NCC(F)(F)F)c1cc(F)ccc1F. The van der Waals surface area contributed by atoms with Crippen LogP contribution in [0.1, 0.15) is 10.4 Å². The lowest BCUT2D eigenvalue weighted by Gasteiger charge is -2.08. The van der Waals surface area contributed by atoms with Gasteiger partial charge in [-0.05, 0) is 18.2 Å². The van der Waals surface area contributed by atoms with Crippen LogP contribution in [0.3, 0.4) is 0 Å². The number of amides is 1. The Morgan fingerprint density at radius 1 is 1.25 bits per heavy atom. The molecule has 7 heteroatoms. The highest BCUT2D eigenvalue weighted by molar-refractivity contribution is 5.94. The molecule has 0 bridgehead atoms. The molecule has 1 amide bonds. The van der Waals surface area contributed by atoms with E-state index < -0.39 is 35.8 Å². The van der Waals surface area contributed by atoms with Crippen LogP contribution in [0.4, 0.5) is 22.0 Å². The molecular weight excluding hydrogens is 233 g/mol. The van der Waals surface area contributed by atoms with Gasteiger partial charge in [0.15, 0.2) is 0 Å². The normalized spacial score (nSPS) is 11.3. The summed E-state index contributed by atoms with van der Waals surface area (Å²) in [5, 5.41) is 1.44. The number of rotatable bonds is 2. The molecule has 2 nitrogen and oxygen atoms in total. The maximum Gasteiger partial charge on any atom is 0.405 e. The zero-order chi connectivity index (χ0) is 12.3. The molecule has 0 unspecified atom stereocenters. The lowest BCUT2D eigenvalue weighted by Crippen LogP contribution is -2.34. The first-order valence-corrected chi connectivity index (χ1v) is 4.09. The molecular formula is C9H6F5NO. The summed E-state index contributed by atoms with van der Waals surface area (Å²) in [6.07, 6.45) is -4.60. The van der Waals surface area contributed by atoms with Crippen LogP contribution in [-0.4, -0.2) is 18.6 Å². The van der Waals surface area contributed by atoms with Crippen LogP contribution in [0.5, 0.6) is 0 Å². The fourth-order valence-electron chi connectivity index (χ4n) is 0.947. The topological polar surface area (TPSA) is 29.1 Å². The molecule has 0 radical (unpaired) electrons. The maximum absolute atomic E-state index is 12.9. The third-order valence-corrected chi connectivity index (χ3v) is 1.62. The van der Waals surface area contributed by atoms with Crippen molar-refractivity contribution < 1.29 is 26.7 Å². The lowest BCUT2D eigenvalue weighted by atomic mass is 10.2. The Balaban J connectivity index is 2.77. The van der Waals surface area contributed by atoms with Crippen molar-refractivity contribution in [3.8, 4) is 0 Å². The second kappa shape index (κ2) is 4.46. The monoisotopic (exact) mass is 239 g/mol. The summed E-state index contributed by atoms with van der Waals surface area (Å²) in [7, 11) is 0. The summed E-state index contributed by atoms with van der Waals surface area (Å²) < 4.78 is 60.7. The number of benzene rings is 1. The van der Waals surface area contributed by atoms with Crippen molar-refractivity contribution in [2.45, 2.75) is 6.18 Å². The van der Waals surface area contributed by atoms with E-state index in [1.54, 1.807) is 0 Å². The van der Waals surface area contributed by atoms with Crippen LogP contribution >= 0.6 is 0 Å². The minimum atomic E-state index is -4.60. The summed E-state index contributed by atoms with van der Waals surface area (Å²) in [6, 6.07) is 1.95. The number of alkyl halides is 3. The molecule has 0 fully saturated rings. The zero-order valence-corrected chi connectivity index (χ0v) is 7.74. The van der Waals surface area contributed by atoms with Crippen LogP contribution in [0.25, 0.3) is 0 Å². The Morgan fingerprint density at radius 2 is 1.88 bits per heavy atom. The highest BCUT2D eigenvalue weighted by Crippen LogP contribution is 2.14. The molecule has 0 aromatic heterocycles. The van der Waals surface area contributed by atoms with E-state index in [-0.39, 0.29) is 0 Å². The smallest absolute Gasteiger partial charge is 0.343 e. The Hall–Kier alpha value is -1.66. The van der Waals surface area contributed by atoms with Gasteiger partial charge in [-0.1, -0.05) is 0 Å². The number of hydrogen-bond donors (Lipinski definition) is 1. The molecule has 0 heterocycles. The summed E-state index contributed by atoms with van der Waals surface area (Å²) in [6.45, 7) is -1.60. The summed E-state index contributed by atoms with van der Waals surface area (Å²) >= 11 is 0. The van der Waals surface area contributed by atoms with E-state index in [1.807, 2.05) is 0 Å². The van der Waals surface area contributed by atoms with E-state index in [9.17, 15) is 26.7 Å². The van der Waals surface area contributed by atoms with Crippen LogP contribution in [-0.2, 0) is 0 Å². The van der Waals surface area contributed by atoms with Gasteiger partial charge < -0.3 is 5.32 Å². The number of carbonyl (C=O) groups is 1. The van der Waals surface area contributed by atoms with E-state index in [4.69, 9.17) is 0 Å². The Bertz CT molecular complexity index is 401. The summed E-state index contributed by atoms with van der Waals surface area (Å²) in [4.78, 5) is 11.0. The van der Waals surface area contributed by atoms with E-state index >= 15 is 0 Å². The van der Waals surface area contributed by atoms with Crippen LogP contribution in [0.2, 0.25) is 0 Å². The van der Waals surface area contributed by atoms with Crippen molar-refractivity contribution in [2.24, 2.45) is 0 Å². The standard InChI is InChI=1S/C9H6F5NO/c10-5-1-2-7(11)6(3-5)8(16)15-4-9(12,13)14/h1-3H,4H2,(H,15,16). The Morgan fingerprint density at radius 3 is 2.44 bits per heavy atom. The van der Waals surface area contributed by atoms with Crippen LogP contribution < -0.4 is 5.32 Å². The molecule has 1 N–H and O–H groups in total. The van der Waals surface area contributed by atoms with Gasteiger partial charge >= 0.3 is 6.18 Å². The maximum atomic E-state index is 12.9. The molecule has 0 spiro atoms. The van der Waals surface area contributed by atoms with E-state index in [1.165, 1.54) is 5.32 Å². The molecule has 0 saturated carbocycles. The number of nitrogens with one attached hydrogen (secondary N) is 1. The lowest BCUT2D eigenvalue weighted by molar-refractivity contribution is -0.123. The molecule has 0 aliphatic carbocycles. The highest BCUT2D eigenvalue weighted by atomic mass is 19.4. The van der Waals surface area contributed by atoms with Gasteiger partial charge in [0, 0.05) is 0 Å². The van der Waals surface area contributed by atoms with Gasteiger partial charge in [0.05, 0.1) is 5.56 Å². The molecule has 1 aromatic carbocycles. The molecule has 0 aliphatic rings. The zero-order valence-electron chi connectivity index (χ0n) is 7.74. The second-order valence-corrected chi connectivity index (χ2v) is 2.92. The van der Waals surface area contributed by atoms with Gasteiger partial charge in [0.2, 0.25) is 0 Å². The highest BCUT2D eigenvalue weighted by Gasteiger charge is 2.28. The predicted molar refractivity (Wildman–Crippen MR) is 44.7 cm³/mol. The van der Waals surface area contributed by atoms with Crippen molar-refractivity contribution in [3.63, 3.8) is 0 Å². The molecule has 1 aromatic rings. The first kappa shape index (κ1) is 12.4. The molecule has 0 atom stereocenters. The number of carbonyl (C=O) groups excluding carboxylic acids is 1. The number of hydrogen-bond acceptors (Lipinski definition) is 1. The third kappa shape index (κ3) is 3.48. The molecule has 1 rings (SSSR count). The molecule has 88 valence electrons. The van der Waals surface area contributed by atoms with Crippen molar-refractivity contribution in [2.75, 3.05) is 6.54 Å². The Labute approximate surface area is 87.1 Å². The van der Waals surface area contributed by atoms with Crippen LogP contribution in [0, 0.1) is 11.6 Å². The number of halogens is 5. The molecule has 0 aliphatic heterocycles. The summed E-state index contributed by atoms with van der Waals surface area (Å²) in [5.74, 6) is -3.30. The van der Waals surface area contributed by atoms with Gasteiger partial charge in [-0.15, -0.1) is 0 Å². The van der Waals surface area contributed by atoms with Crippen molar-refractivity contribution in [1.82, 2.24) is 5.32 Å². The van der Waals surface area contributed by atoms with E-state index in [0.29, 0.717) is 12.1 Å². The first-order valence-electron chi connectivity index (χ1n) is 4.09. The third-order valence-electron chi connectivity index (χ3n) is 1.62. The van der Waals surface area contributed by atoms with Crippen LogP contribution in [0.15, 0.2) is 18.2 Å². The predicted octanol–water partition coefficient (Wildman–Crippen LogP) is 2.26. The quantitative estimate of drug-likeness (QED) is 0.788. The minimum absolute atomic E-state index is 0.529. The fourth-order valence-corrected chi connectivity index (χ4v) is 0.947. The molecule has 16 heavy (non-hydrogen) atoms. The largest absolute Gasteiger partial charge is 0.405 e. The average molecular weight is 239 g/mol. The minimum Gasteiger partial charge on any atom is -0.343 e. The van der Waals surface area contributed by atoms with Gasteiger partial charge in [-0.2, -0.15) is 13.2 Å². The molecule has 0 saturated heterocycles. The van der Waals surface area contributed by atoms with Gasteiger partial charge in [0.1, 0.15) is 18.2 Å².